The average Bonchev–Trinajstić information content (AvgIpc) is 2.60. The second kappa shape index (κ2) is 8.09. The maximum absolute atomic E-state index is 12.8. The second-order valence-corrected chi connectivity index (χ2v) is 6.77. The van der Waals surface area contributed by atoms with E-state index in [2.05, 4.69) is 0 Å². The first-order valence-corrected chi connectivity index (χ1v) is 8.85. The van der Waals surface area contributed by atoms with E-state index in [-0.39, 0.29) is 35.8 Å². The van der Waals surface area contributed by atoms with Gasteiger partial charge in [-0.15, -0.1) is 0 Å². The molecule has 6 heteroatoms. The minimum absolute atomic E-state index is 0.0493. The molecule has 0 saturated carbocycles. The Morgan fingerprint density at radius 3 is 2.56 bits per heavy atom. The SMILES string of the molecule is CCn1c(O)c(C(=O)COc2cc(C)ccc2C(C)C)c(C)c(C#N)c1=O. The molecule has 27 heavy (non-hydrogen) atoms. The summed E-state index contributed by atoms with van der Waals surface area (Å²) in [5, 5.41) is 19.7. The first kappa shape index (κ1) is 20.2. The zero-order valence-electron chi connectivity index (χ0n) is 16.3. The zero-order valence-corrected chi connectivity index (χ0v) is 16.3. The first-order valence-electron chi connectivity index (χ1n) is 8.85. The van der Waals surface area contributed by atoms with Crippen LogP contribution in [0.3, 0.4) is 0 Å². The first-order chi connectivity index (χ1) is 12.7. The predicted octanol–water partition coefficient (Wildman–Crippen LogP) is 3.45. The number of nitriles is 1. The summed E-state index contributed by atoms with van der Waals surface area (Å²) in [6.07, 6.45) is 0. The molecule has 0 atom stereocenters. The maximum Gasteiger partial charge on any atom is 0.271 e. The Morgan fingerprint density at radius 2 is 2.00 bits per heavy atom. The van der Waals surface area contributed by atoms with Gasteiger partial charge in [0.1, 0.15) is 17.4 Å². The molecule has 0 aliphatic carbocycles. The lowest BCUT2D eigenvalue weighted by Crippen LogP contribution is -2.27. The summed E-state index contributed by atoms with van der Waals surface area (Å²) < 4.78 is 6.77. The van der Waals surface area contributed by atoms with Crippen molar-refractivity contribution < 1.29 is 14.6 Å². The number of aromatic nitrogens is 1. The van der Waals surface area contributed by atoms with Gasteiger partial charge in [-0.25, -0.2) is 0 Å². The highest BCUT2D eigenvalue weighted by Gasteiger charge is 2.24. The summed E-state index contributed by atoms with van der Waals surface area (Å²) in [5.74, 6) is -0.0846. The van der Waals surface area contributed by atoms with Gasteiger partial charge in [-0.1, -0.05) is 26.0 Å². The van der Waals surface area contributed by atoms with Gasteiger partial charge in [-0.05, 0) is 49.4 Å². The summed E-state index contributed by atoms with van der Waals surface area (Å²) >= 11 is 0. The van der Waals surface area contributed by atoms with Crippen molar-refractivity contribution in [3.05, 3.63) is 56.4 Å². The number of ether oxygens (including phenoxy) is 1. The molecule has 2 rings (SSSR count). The van der Waals surface area contributed by atoms with Gasteiger partial charge >= 0.3 is 0 Å². The number of nitrogens with zero attached hydrogens (tertiary/aromatic N) is 2. The normalized spacial score (nSPS) is 10.7. The molecule has 0 unspecified atom stereocenters. The van der Waals surface area contributed by atoms with E-state index in [1.165, 1.54) is 6.92 Å². The highest BCUT2D eigenvalue weighted by molar-refractivity contribution is 6.01. The van der Waals surface area contributed by atoms with Crippen LogP contribution in [-0.2, 0) is 6.54 Å². The van der Waals surface area contributed by atoms with Gasteiger partial charge in [0, 0.05) is 6.54 Å². The van der Waals surface area contributed by atoms with Crippen molar-refractivity contribution >= 4 is 5.78 Å². The third-order valence-corrected chi connectivity index (χ3v) is 4.55. The van der Waals surface area contributed by atoms with Crippen LogP contribution in [0.4, 0.5) is 0 Å². The summed E-state index contributed by atoms with van der Waals surface area (Å²) in [5.41, 5.74) is 1.36. The van der Waals surface area contributed by atoms with Gasteiger partial charge in [-0.3, -0.25) is 14.2 Å². The minimum atomic E-state index is -0.603. The fourth-order valence-electron chi connectivity index (χ4n) is 3.04. The lowest BCUT2D eigenvalue weighted by molar-refractivity contribution is 0.0915. The molecule has 0 bridgehead atoms. The third-order valence-electron chi connectivity index (χ3n) is 4.55. The number of hydrogen-bond acceptors (Lipinski definition) is 5. The monoisotopic (exact) mass is 368 g/mol. The Hall–Kier alpha value is -3.07. The van der Waals surface area contributed by atoms with E-state index >= 15 is 0 Å². The van der Waals surface area contributed by atoms with Crippen LogP contribution >= 0.6 is 0 Å². The minimum Gasteiger partial charge on any atom is -0.494 e. The van der Waals surface area contributed by atoms with Gasteiger partial charge in [0.05, 0.1) is 5.56 Å². The van der Waals surface area contributed by atoms with Crippen LogP contribution in [0.5, 0.6) is 11.6 Å². The predicted molar refractivity (Wildman–Crippen MR) is 103 cm³/mol. The van der Waals surface area contributed by atoms with Gasteiger partial charge < -0.3 is 9.84 Å². The van der Waals surface area contributed by atoms with Gasteiger partial charge in [-0.2, -0.15) is 5.26 Å². The Labute approximate surface area is 158 Å². The molecular formula is C21H24N2O4. The van der Waals surface area contributed by atoms with E-state index in [1.54, 1.807) is 6.92 Å². The molecule has 0 aliphatic rings. The molecule has 1 aromatic heterocycles. The molecule has 0 amide bonds. The zero-order chi connectivity index (χ0) is 20.3. The standard InChI is InChI=1S/C21H24N2O4/c1-6-23-20(25)16(10-22)14(5)19(21(23)26)17(24)11-27-18-9-13(4)7-8-15(18)12(2)3/h7-9,12,26H,6,11H2,1-5H3. The number of Topliss-reactive ketones (excluding diaryl/α,β-unsaturated/α-hetero) is 1. The van der Waals surface area contributed by atoms with Crippen molar-refractivity contribution in [2.24, 2.45) is 0 Å². The number of aryl methyl sites for hydroxylation is 1. The molecule has 2 aromatic rings. The fourth-order valence-corrected chi connectivity index (χ4v) is 3.04. The van der Waals surface area contributed by atoms with Crippen LogP contribution in [0.1, 0.15) is 59.3 Å². The van der Waals surface area contributed by atoms with Gasteiger partial charge in [0.2, 0.25) is 11.7 Å². The van der Waals surface area contributed by atoms with Crippen LogP contribution in [0.2, 0.25) is 0 Å². The molecule has 0 fully saturated rings. The molecule has 1 heterocycles. The van der Waals surface area contributed by atoms with E-state index in [0.717, 1.165) is 15.7 Å². The molecule has 0 aliphatic heterocycles. The Morgan fingerprint density at radius 1 is 1.33 bits per heavy atom. The molecule has 0 spiro atoms. The van der Waals surface area contributed by atoms with E-state index in [1.807, 2.05) is 45.0 Å². The third kappa shape index (κ3) is 3.87. The summed E-state index contributed by atoms with van der Waals surface area (Å²) in [7, 11) is 0. The maximum atomic E-state index is 12.8. The van der Waals surface area contributed by atoms with E-state index in [9.17, 15) is 20.0 Å². The lowest BCUT2D eigenvalue weighted by atomic mass is 10.0. The molecule has 1 N–H and O–H groups in total. The number of aromatic hydroxyl groups is 1. The summed E-state index contributed by atoms with van der Waals surface area (Å²) in [4.78, 5) is 25.0. The van der Waals surface area contributed by atoms with Crippen LogP contribution < -0.4 is 10.3 Å². The Bertz CT molecular complexity index is 981. The van der Waals surface area contributed by atoms with E-state index in [0.29, 0.717) is 5.75 Å². The Balaban J connectivity index is 2.42. The second-order valence-electron chi connectivity index (χ2n) is 6.77. The van der Waals surface area contributed by atoms with Crippen LogP contribution in [0.25, 0.3) is 0 Å². The number of carbonyl (C=O) groups is 1. The van der Waals surface area contributed by atoms with Crippen molar-refractivity contribution in [2.75, 3.05) is 6.61 Å². The number of hydrogen-bond donors (Lipinski definition) is 1. The van der Waals surface area contributed by atoms with Crippen LogP contribution in [0, 0.1) is 25.2 Å². The lowest BCUT2D eigenvalue weighted by Gasteiger charge is -2.16. The van der Waals surface area contributed by atoms with Crippen molar-refractivity contribution in [1.82, 2.24) is 4.57 Å². The number of pyridine rings is 1. The largest absolute Gasteiger partial charge is 0.494 e. The fraction of sp³-hybridized carbons (Fsp3) is 0.381. The van der Waals surface area contributed by atoms with E-state index in [4.69, 9.17) is 4.74 Å². The Kier molecular flexibility index (Phi) is 6.06. The molecule has 1 aromatic carbocycles. The van der Waals surface area contributed by atoms with Crippen LogP contribution in [0.15, 0.2) is 23.0 Å². The molecule has 6 nitrogen and oxygen atoms in total. The summed E-state index contributed by atoms with van der Waals surface area (Å²) in [6, 6.07) is 7.64. The topological polar surface area (TPSA) is 92.3 Å². The van der Waals surface area contributed by atoms with Gasteiger partial charge in [0.15, 0.2) is 6.61 Å². The van der Waals surface area contributed by atoms with Crippen molar-refractivity contribution in [3.63, 3.8) is 0 Å². The number of ketones is 1. The number of rotatable bonds is 6. The van der Waals surface area contributed by atoms with Crippen molar-refractivity contribution in [3.8, 4) is 17.7 Å². The molecular weight excluding hydrogens is 344 g/mol. The van der Waals surface area contributed by atoms with Gasteiger partial charge in [0.25, 0.3) is 5.56 Å². The summed E-state index contributed by atoms with van der Waals surface area (Å²) in [6.45, 7) is 8.99. The number of carbonyl (C=O) groups excluding carboxylic acids is 1. The average molecular weight is 368 g/mol. The number of benzene rings is 1. The highest BCUT2D eigenvalue weighted by Crippen LogP contribution is 2.28. The molecule has 0 saturated heterocycles. The van der Waals surface area contributed by atoms with Crippen molar-refractivity contribution in [1.29, 1.82) is 5.26 Å². The van der Waals surface area contributed by atoms with Crippen LogP contribution in [-0.4, -0.2) is 22.1 Å². The highest BCUT2D eigenvalue weighted by atomic mass is 16.5. The van der Waals surface area contributed by atoms with Crippen molar-refractivity contribution in [2.45, 2.75) is 47.1 Å². The van der Waals surface area contributed by atoms with E-state index < -0.39 is 17.2 Å². The quantitative estimate of drug-likeness (QED) is 0.789. The molecule has 0 radical (unpaired) electrons. The smallest absolute Gasteiger partial charge is 0.271 e. The molecule has 142 valence electrons.